The van der Waals surface area contributed by atoms with E-state index in [2.05, 4.69) is 21.2 Å². The Morgan fingerprint density at radius 2 is 1.81 bits per heavy atom. The van der Waals surface area contributed by atoms with E-state index in [9.17, 15) is 9.59 Å². The number of hydrogen-bond acceptors (Lipinski definition) is 3. The number of nitrogens with one attached hydrogen (secondary N) is 1. The second kappa shape index (κ2) is 9.50. The van der Waals surface area contributed by atoms with Crippen LogP contribution in [0, 0.1) is 13.8 Å². The van der Waals surface area contributed by atoms with Gasteiger partial charge in [0.05, 0.1) is 6.61 Å². The number of halogens is 1. The van der Waals surface area contributed by atoms with E-state index in [4.69, 9.17) is 4.74 Å². The van der Waals surface area contributed by atoms with Gasteiger partial charge < -0.3 is 15.0 Å². The van der Waals surface area contributed by atoms with Crippen molar-refractivity contribution in [3.63, 3.8) is 0 Å². The molecule has 2 aromatic carbocycles. The Labute approximate surface area is 162 Å². The fraction of sp³-hybridized carbons (Fsp3) is 0.300. The number of carbonyl (C=O) groups excluding carboxylic acids is 2. The number of aryl methyl sites for hydroxylation is 1. The summed E-state index contributed by atoms with van der Waals surface area (Å²) in [7, 11) is 1.57. The van der Waals surface area contributed by atoms with Crippen LogP contribution in [0.25, 0.3) is 0 Å². The Morgan fingerprint density at radius 3 is 2.46 bits per heavy atom. The summed E-state index contributed by atoms with van der Waals surface area (Å²) in [4.78, 5) is 26.7. The molecular weight excluding hydrogens is 396 g/mol. The van der Waals surface area contributed by atoms with Gasteiger partial charge in [0.15, 0.2) is 0 Å². The van der Waals surface area contributed by atoms with E-state index in [0.717, 1.165) is 21.3 Å². The van der Waals surface area contributed by atoms with Crippen LogP contribution >= 0.6 is 15.9 Å². The zero-order chi connectivity index (χ0) is 19.1. The van der Waals surface area contributed by atoms with Crippen LogP contribution in [0.15, 0.2) is 46.9 Å². The van der Waals surface area contributed by atoms with Crippen LogP contribution in [0.3, 0.4) is 0 Å². The molecule has 6 heteroatoms. The van der Waals surface area contributed by atoms with Crippen molar-refractivity contribution in [3.05, 3.63) is 63.6 Å². The van der Waals surface area contributed by atoms with Crippen molar-refractivity contribution < 1.29 is 14.3 Å². The third-order valence-corrected chi connectivity index (χ3v) is 4.69. The molecule has 2 aromatic rings. The molecule has 0 radical (unpaired) electrons. The predicted octanol–water partition coefficient (Wildman–Crippen LogP) is 3.79. The Balaban J connectivity index is 2.11. The molecule has 0 fully saturated rings. The molecule has 2 rings (SSSR count). The van der Waals surface area contributed by atoms with Gasteiger partial charge in [0.25, 0.3) is 5.91 Å². The van der Waals surface area contributed by atoms with Crippen LogP contribution in [0.1, 0.15) is 21.5 Å². The minimum absolute atomic E-state index is 0.0361. The highest BCUT2D eigenvalue weighted by Crippen LogP contribution is 2.18. The molecule has 0 atom stereocenters. The summed E-state index contributed by atoms with van der Waals surface area (Å²) >= 11 is 3.35. The van der Waals surface area contributed by atoms with Crippen molar-refractivity contribution in [2.45, 2.75) is 13.8 Å². The van der Waals surface area contributed by atoms with E-state index in [-0.39, 0.29) is 18.4 Å². The lowest BCUT2D eigenvalue weighted by atomic mass is 10.1. The number of anilines is 1. The van der Waals surface area contributed by atoms with Crippen molar-refractivity contribution in [3.8, 4) is 0 Å². The average molecular weight is 419 g/mol. The van der Waals surface area contributed by atoms with Gasteiger partial charge in [-0.2, -0.15) is 0 Å². The van der Waals surface area contributed by atoms with E-state index in [0.29, 0.717) is 18.7 Å². The van der Waals surface area contributed by atoms with Gasteiger partial charge in [-0.15, -0.1) is 0 Å². The summed E-state index contributed by atoms with van der Waals surface area (Å²) in [5.74, 6) is -0.439. The van der Waals surface area contributed by atoms with Gasteiger partial charge in [0.1, 0.15) is 6.54 Å². The second-order valence-electron chi connectivity index (χ2n) is 6.02. The van der Waals surface area contributed by atoms with Crippen molar-refractivity contribution in [1.82, 2.24) is 4.90 Å². The zero-order valence-corrected chi connectivity index (χ0v) is 16.8. The minimum Gasteiger partial charge on any atom is -0.383 e. The standard InChI is InChI=1S/C20H23BrN2O3/c1-14-5-4-6-18(15(14)2)22-19(24)13-23(11-12-26-3)20(25)16-7-9-17(21)10-8-16/h4-10H,11-13H2,1-3H3,(H,22,24). The maximum Gasteiger partial charge on any atom is 0.254 e. The van der Waals surface area contributed by atoms with Gasteiger partial charge in [-0.25, -0.2) is 0 Å². The number of amides is 2. The number of hydrogen-bond donors (Lipinski definition) is 1. The van der Waals surface area contributed by atoms with Gasteiger partial charge in [-0.05, 0) is 55.3 Å². The highest BCUT2D eigenvalue weighted by Gasteiger charge is 2.19. The highest BCUT2D eigenvalue weighted by atomic mass is 79.9. The first-order valence-corrected chi connectivity index (χ1v) is 9.11. The zero-order valence-electron chi connectivity index (χ0n) is 15.2. The molecule has 1 N–H and O–H groups in total. The fourth-order valence-electron chi connectivity index (χ4n) is 2.48. The molecule has 0 heterocycles. The molecule has 0 aliphatic rings. The normalized spacial score (nSPS) is 10.5. The SMILES string of the molecule is COCCN(CC(=O)Nc1cccc(C)c1C)C(=O)c1ccc(Br)cc1. The summed E-state index contributed by atoms with van der Waals surface area (Å²) in [6.45, 7) is 4.61. The number of carbonyl (C=O) groups is 2. The van der Waals surface area contributed by atoms with Gasteiger partial charge in [-0.1, -0.05) is 28.1 Å². The summed E-state index contributed by atoms with van der Waals surface area (Å²) in [6.07, 6.45) is 0. The summed E-state index contributed by atoms with van der Waals surface area (Å²) in [5, 5.41) is 2.89. The number of nitrogens with zero attached hydrogens (tertiary/aromatic N) is 1. The summed E-state index contributed by atoms with van der Waals surface area (Å²) in [5.41, 5.74) is 3.41. The smallest absolute Gasteiger partial charge is 0.254 e. The second-order valence-corrected chi connectivity index (χ2v) is 6.94. The fourth-order valence-corrected chi connectivity index (χ4v) is 2.74. The van der Waals surface area contributed by atoms with Crippen molar-refractivity contribution in [2.24, 2.45) is 0 Å². The van der Waals surface area contributed by atoms with E-state index in [1.54, 1.807) is 31.4 Å². The molecule has 0 unspecified atom stereocenters. The molecule has 0 bridgehead atoms. The number of benzene rings is 2. The lowest BCUT2D eigenvalue weighted by Gasteiger charge is -2.22. The molecule has 5 nitrogen and oxygen atoms in total. The van der Waals surface area contributed by atoms with Gasteiger partial charge in [-0.3, -0.25) is 9.59 Å². The van der Waals surface area contributed by atoms with E-state index in [1.165, 1.54) is 4.90 Å². The summed E-state index contributed by atoms with van der Waals surface area (Å²) < 4.78 is 5.97. The van der Waals surface area contributed by atoms with Gasteiger partial charge >= 0.3 is 0 Å². The first-order chi connectivity index (χ1) is 12.4. The first kappa shape index (κ1) is 20.1. The minimum atomic E-state index is -0.236. The van der Waals surface area contributed by atoms with E-state index >= 15 is 0 Å². The molecule has 0 saturated heterocycles. The average Bonchev–Trinajstić information content (AvgIpc) is 2.62. The Morgan fingerprint density at radius 1 is 1.12 bits per heavy atom. The van der Waals surface area contributed by atoms with Crippen molar-refractivity contribution >= 4 is 33.4 Å². The largest absolute Gasteiger partial charge is 0.383 e. The lowest BCUT2D eigenvalue weighted by molar-refractivity contribution is -0.117. The monoisotopic (exact) mass is 418 g/mol. The quantitative estimate of drug-likeness (QED) is 0.743. The third-order valence-electron chi connectivity index (χ3n) is 4.16. The summed E-state index contributed by atoms with van der Waals surface area (Å²) in [6, 6.07) is 12.8. The van der Waals surface area contributed by atoms with Crippen LogP contribution in [-0.2, 0) is 9.53 Å². The molecule has 0 saturated carbocycles. The Kier molecular flexibility index (Phi) is 7.36. The molecule has 0 spiro atoms. The molecule has 138 valence electrons. The highest BCUT2D eigenvalue weighted by molar-refractivity contribution is 9.10. The van der Waals surface area contributed by atoms with Crippen molar-refractivity contribution in [2.75, 3.05) is 32.1 Å². The first-order valence-electron chi connectivity index (χ1n) is 8.32. The van der Waals surface area contributed by atoms with Gasteiger partial charge in [0, 0.05) is 29.4 Å². The molecular formula is C20H23BrN2O3. The topological polar surface area (TPSA) is 58.6 Å². The van der Waals surface area contributed by atoms with Crippen LogP contribution in [-0.4, -0.2) is 43.5 Å². The molecule has 0 aromatic heterocycles. The van der Waals surface area contributed by atoms with Crippen molar-refractivity contribution in [1.29, 1.82) is 0 Å². The lowest BCUT2D eigenvalue weighted by Crippen LogP contribution is -2.40. The van der Waals surface area contributed by atoms with E-state index in [1.807, 2.05) is 32.0 Å². The predicted molar refractivity (Wildman–Crippen MR) is 106 cm³/mol. The van der Waals surface area contributed by atoms with Crippen LogP contribution in [0.2, 0.25) is 0 Å². The Hall–Kier alpha value is -2.18. The molecule has 26 heavy (non-hydrogen) atoms. The molecule has 0 aliphatic carbocycles. The van der Waals surface area contributed by atoms with E-state index < -0.39 is 0 Å². The van der Waals surface area contributed by atoms with Crippen LogP contribution in [0.4, 0.5) is 5.69 Å². The number of rotatable bonds is 7. The number of methoxy groups -OCH3 is 1. The molecule has 2 amide bonds. The van der Waals surface area contributed by atoms with Crippen LogP contribution < -0.4 is 5.32 Å². The number of ether oxygens (including phenoxy) is 1. The van der Waals surface area contributed by atoms with Gasteiger partial charge in [0.2, 0.25) is 5.91 Å². The maximum atomic E-state index is 12.7. The van der Waals surface area contributed by atoms with Crippen LogP contribution in [0.5, 0.6) is 0 Å². The Bertz CT molecular complexity index is 775. The third kappa shape index (κ3) is 5.41. The molecule has 0 aliphatic heterocycles. The maximum absolute atomic E-state index is 12.7.